The molecule has 0 bridgehead atoms. The van der Waals surface area contributed by atoms with Gasteiger partial charge in [0.15, 0.2) is 0 Å². The number of nitrogens with zero attached hydrogens (tertiary/aromatic N) is 1. The molecule has 1 N–H and O–H groups in total. The number of alkyl halides is 2. The molecule has 1 heterocycles. The maximum atomic E-state index is 12.2. The average Bonchev–Trinajstić information content (AvgIpc) is 2.27. The molecule has 2 rings (SSSR count). The normalized spacial score (nSPS) is 13.3. The second-order valence-electron chi connectivity index (χ2n) is 3.23. The number of aromatic nitrogens is 1. The first-order chi connectivity index (χ1) is 7.18. The van der Waals surface area contributed by atoms with E-state index in [4.69, 9.17) is 0 Å². The molecule has 15 heavy (non-hydrogen) atoms. The smallest absolute Gasteiger partial charge is 0.268 e. The third-order valence-electron chi connectivity index (χ3n) is 2.21. The number of hydrogen-bond acceptors (Lipinski definition) is 2. The Labute approximate surface area is 85.2 Å². The van der Waals surface area contributed by atoms with E-state index in [0.717, 1.165) is 5.39 Å². The van der Waals surface area contributed by atoms with Crippen molar-refractivity contribution in [2.75, 3.05) is 0 Å². The zero-order valence-electron chi connectivity index (χ0n) is 7.77. The molecule has 0 radical (unpaired) electrons. The van der Waals surface area contributed by atoms with Crippen LogP contribution in [0.15, 0.2) is 36.5 Å². The summed E-state index contributed by atoms with van der Waals surface area (Å²) in [6.45, 7) is 0. The number of halogens is 2. The number of pyridine rings is 1. The van der Waals surface area contributed by atoms with Crippen LogP contribution in [0, 0.1) is 0 Å². The van der Waals surface area contributed by atoms with Crippen molar-refractivity contribution in [1.29, 1.82) is 0 Å². The number of aliphatic hydroxyl groups excluding tert-OH is 1. The van der Waals surface area contributed by atoms with Crippen LogP contribution >= 0.6 is 0 Å². The third-order valence-corrected chi connectivity index (χ3v) is 2.21. The topological polar surface area (TPSA) is 33.1 Å². The van der Waals surface area contributed by atoms with Crippen molar-refractivity contribution in [2.45, 2.75) is 12.5 Å². The van der Waals surface area contributed by atoms with Gasteiger partial charge in [-0.3, -0.25) is 4.98 Å². The largest absolute Gasteiger partial charge is 0.382 e. The molecular formula is C11H9F2NO. The standard InChI is InChI=1S/C11H9F2NO/c12-11(13)10(15)8-4-3-7-2-1-5-14-9(7)6-8/h1-6,10-11,15H. The van der Waals surface area contributed by atoms with E-state index in [2.05, 4.69) is 4.98 Å². The van der Waals surface area contributed by atoms with E-state index < -0.39 is 12.5 Å². The second kappa shape index (κ2) is 3.90. The summed E-state index contributed by atoms with van der Waals surface area (Å²) in [7, 11) is 0. The summed E-state index contributed by atoms with van der Waals surface area (Å²) in [5, 5.41) is 10.0. The zero-order valence-corrected chi connectivity index (χ0v) is 7.77. The fourth-order valence-corrected chi connectivity index (χ4v) is 1.41. The van der Waals surface area contributed by atoms with Gasteiger partial charge in [-0.15, -0.1) is 0 Å². The van der Waals surface area contributed by atoms with E-state index in [1.807, 2.05) is 6.07 Å². The molecule has 0 amide bonds. The SMILES string of the molecule is OC(c1ccc2cccnc2c1)C(F)F. The molecule has 2 aromatic rings. The molecule has 0 aliphatic carbocycles. The molecule has 0 aliphatic heterocycles. The minimum atomic E-state index is -2.77. The lowest BCUT2D eigenvalue weighted by Crippen LogP contribution is -2.07. The third kappa shape index (κ3) is 1.94. The van der Waals surface area contributed by atoms with Crippen molar-refractivity contribution in [2.24, 2.45) is 0 Å². The molecule has 0 aliphatic rings. The maximum absolute atomic E-state index is 12.2. The van der Waals surface area contributed by atoms with E-state index in [1.165, 1.54) is 12.1 Å². The highest BCUT2D eigenvalue weighted by atomic mass is 19.3. The van der Waals surface area contributed by atoms with Gasteiger partial charge in [-0.2, -0.15) is 0 Å². The van der Waals surface area contributed by atoms with E-state index in [9.17, 15) is 13.9 Å². The van der Waals surface area contributed by atoms with Gasteiger partial charge in [0.2, 0.25) is 0 Å². The number of benzene rings is 1. The zero-order chi connectivity index (χ0) is 10.8. The summed E-state index contributed by atoms with van der Waals surface area (Å²) in [4.78, 5) is 4.03. The van der Waals surface area contributed by atoms with Gasteiger partial charge < -0.3 is 5.11 Å². The van der Waals surface area contributed by atoms with Crippen molar-refractivity contribution in [3.8, 4) is 0 Å². The van der Waals surface area contributed by atoms with Gasteiger partial charge >= 0.3 is 0 Å². The van der Waals surface area contributed by atoms with E-state index in [1.54, 1.807) is 18.3 Å². The number of aliphatic hydroxyl groups is 1. The van der Waals surface area contributed by atoms with Crippen molar-refractivity contribution < 1.29 is 13.9 Å². The Balaban J connectivity index is 2.47. The molecule has 1 aromatic carbocycles. The summed E-state index contributed by atoms with van der Waals surface area (Å²) < 4.78 is 24.5. The maximum Gasteiger partial charge on any atom is 0.268 e. The van der Waals surface area contributed by atoms with Crippen LogP contribution in [0.1, 0.15) is 11.7 Å². The molecule has 0 saturated carbocycles. The molecule has 2 nitrogen and oxygen atoms in total. The van der Waals surface area contributed by atoms with Crippen LogP contribution in [0.4, 0.5) is 8.78 Å². The Morgan fingerprint density at radius 3 is 2.73 bits per heavy atom. The van der Waals surface area contributed by atoms with Crippen molar-refractivity contribution >= 4 is 10.9 Å². The van der Waals surface area contributed by atoms with Crippen molar-refractivity contribution in [3.05, 3.63) is 42.1 Å². The predicted octanol–water partition coefficient (Wildman–Crippen LogP) is 2.53. The van der Waals surface area contributed by atoms with Gasteiger partial charge in [0.25, 0.3) is 6.43 Å². The van der Waals surface area contributed by atoms with Gasteiger partial charge in [0, 0.05) is 11.6 Å². The minimum absolute atomic E-state index is 0.191. The van der Waals surface area contributed by atoms with Gasteiger partial charge in [-0.1, -0.05) is 18.2 Å². The minimum Gasteiger partial charge on any atom is -0.382 e. The Bertz CT molecular complexity index is 473. The van der Waals surface area contributed by atoms with Crippen LogP contribution in [-0.4, -0.2) is 16.5 Å². The fourth-order valence-electron chi connectivity index (χ4n) is 1.41. The first-order valence-corrected chi connectivity index (χ1v) is 4.49. The van der Waals surface area contributed by atoms with E-state index in [0.29, 0.717) is 5.52 Å². The van der Waals surface area contributed by atoms with E-state index in [-0.39, 0.29) is 5.56 Å². The Hall–Kier alpha value is -1.55. The van der Waals surface area contributed by atoms with Gasteiger partial charge in [0.05, 0.1) is 5.52 Å². The molecule has 0 saturated heterocycles. The number of rotatable bonds is 2. The fraction of sp³-hybridized carbons (Fsp3) is 0.182. The van der Waals surface area contributed by atoms with Crippen molar-refractivity contribution in [1.82, 2.24) is 4.98 Å². The lowest BCUT2D eigenvalue weighted by Gasteiger charge is -2.09. The predicted molar refractivity (Wildman–Crippen MR) is 52.7 cm³/mol. The molecule has 1 aromatic heterocycles. The van der Waals surface area contributed by atoms with Crippen LogP contribution < -0.4 is 0 Å². The summed E-state index contributed by atoms with van der Waals surface area (Å²) in [6, 6.07) is 8.24. The molecule has 1 unspecified atom stereocenters. The number of hydrogen-bond donors (Lipinski definition) is 1. The highest BCUT2D eigenvalue weighted by Gasteiger charge is 2.19. The first-order valence-electron chi connectivity index (χ1n) is 4.49. The van der Waals surface area contributed by atoms with Crippen LogP contribution in [-0.2, 0) is 0 Å². The lowest BCUT2D eigenvalue weighted by atomic mass is 10.1. The highest BCUT2D eigenvalue weighted by Crippen LogP contribution is 2.23. The van der Waals surface area contributed by atoms with E-state index >= 15 is 0 Å². The quantitative estimate of drug-likeness (QED) is 0.824. The first kappa shape index (κ1) is 9.98. The molecule has 0 fully saturated rings. The van der Waals surface area contributed by atoms with Crippen LogP contribution in [0.25, 0.3) is 10.9 Å². The molecule has 78 valence electrons. The summed E-state index contributed by atoms with van der Waals surface area (Å²) in [5.74, 6) is 0. The molecule has 0 spiro atoms. The summed E-state index contributed by atoms with van der Waals surface area (Å²) in [6.07, 6.45) is -2.93. The van der Waals surface area contributed by atoms with Gasteiger partial charge in [-0.05, 0) is 17.7 Å². The lowest BCUT2D eigenvalue weighted by molar-refractivity contribution is -0.00571. The Morgan fingerprint density at radius 1 is 1.20 bits per heavy atom. The van der Waals surface area contributed by atoms with Crippen molar-refractivity contribution in [3.63, 3.8) is 0 Å². The summed E-state index contributed by atoms with van der Waals surface area (Å²) in [5.41, 5.74) is 0.797. The monoisotopic (exact) mass is 209 g/mol. The molecule has 1 atom stereocenters. The second-order valence-corrected chi connectivity index (χ2v) is 3.23. The van der Waals surface area contributed by atoms with Crippen LogP contribution in [0.3, 0.4) is 0 Å². The average molecular weight is 209 g/mol. The highest BCUT2D eigenvalue weighted by molar-refractivity contribution is 5.78. The summed E-state index contributed by atoms with van der Waals surface area (Å²) >= 11 is 0. The van der Waals surface area contributed by atoms with Gasteiger partial charge in [0.1, 0.15) is 6.10 Å². The molecule has 4 heteroatoms. The Kier molecular flexibility index (Phi) is 2.60. The van der Waals surface area contributed by atoms with Crippen LogP contribution in [0.2, 0.25) is 0 Å². The molecular weight excluding hydrogens is 200 g/mol. The van der Waals surface area contributed by atoms with Gasteiger partial charge in [-0.25, -0.2) is 8.78 Å². The van der Waals surface area contributed by atoms with Crippen LogP contribution in [0.5, 0.6) is 0 Å². The Morgan fingerprint density at radius 2 is 2.00 bits per heavy atom. The number of fused-ring (bicyclic) bond motifs is 1.